The predicted octanol–water partition coefficient (Wildman–Crippen LogP) is 3.44. The summed E-state index contributed by atoms with van der Waals surface area (Å²) in [5, 5.41) is 0. The van der Waals surface area contributed by atoms with E-state index in [2.05, 4.69) is 67.5 Å². The van der Waals surface area contributed by atoms with Gasteiger partial charge in [0.1, 0.15) is 0 Å². The molecular formula is C17H19N. The number of hydrogen-bond donors (Lipinski definition) is 0. The first kappa shape index (κ1) is 11.5. The second kappa shape index (κ2) is 4.58. The van der Waals surface area contributed by atoms with Crippen LogP contribution in [-0.4, -0.2) is 19.0 Å². The van der Waals surface area contributed by atoms with Crippen LogP contribution in [0.25, 0.3) is 0 Å². The molecule has 1 nitrogen and oxygen atoms in total. The summed E-state index contributed by atoms with van der Waals surface area (Å²) < 4.78 is 0. The van der Waals surface area contributed by atoms with Crippen molar-refractivity contribution in [3.63, 3.8) is 0 Å². The summed E-state index contributed by atoms with van der Waals surface area (Å²) in [6, 6.07) is 18.1. The summed E-state index contributed by atoms with van der Waals surface area (Å²) in [5.41, 5.74) is 5.92. The average Bonchev–Trinajstić information content (AvgIpc) is 2.55. The molecule has 0 amide bonds. The summed E-state index contributed by atoms with van der Waals surface area (Å²) in [7, 11) is 4.34. The second-order valence-corrected chi connectivity index (χ2v) is 5.26. The van der Waals surface area contributed by atoms with Crippen molar-refractivity contribution in [1.82, 2.24) is 4.90 Å². The standard InChI is InChI=1S/C17H19N/c1-18(2)17-15-9-5-3-7-13(15)11-12-14-8-4-6-10-16(14)17/h3-10,17H,11-12H2,1-2H3. The lowest BCUT2D eigenvalue weighted by atomic mass is 9.94. The maximum atomic E-state index is 2.32. The maximum Gasteiger partial charge on any atom is 0.0602 e. The smallest absolute Gasteiger partial charge is 0.0602 e. The highest BCUT2D eigenvalue weighted by molar-refractivity contribution is 5.44. The van der Waals surface area contributed by atoms with Crippen LogP contribution in [0.1, 0.15) is 28.3 Å². The molecule has 0 fully saturated rings. The van der Waals surface area contributed by atoms with Crippen molar-refractivity contribution in [2.75, 3.05) is 14.1 Å². The van der Waals surface area contributed by atoms with Crippen molar-refractivity contribution < 1.29 is 0 Å². The Morgan fingerprint density at radius 3 is 1.67 bits per heavy atom. The Morgan fingerprint density at radius 2 is 1.22 bits per heavy atom. The number of nitrogens with zero attached hydrogens (tertiary/aromatic N) is 1. The highest BCUT2D eigenvalue weighted by Gasteiger charge is 2.24. The van der Waals surface area contributed by atoms with Gasteiger partial charge in [-0.25, -0.2) is 0 Å². The van der Waals surface area contributed by atoms with Crippen LogP contribution in [0.3, 0.4) is 0 Å². The molecule has 0 atom stereocenters. The van der Waals surface area contributed by atoms with Gasteiger partial charge in [-0.15, -0.1) is 0 Å². The Hall–Kier alpha value is -1.60. The van der Waals surface area contributed by atoms with Crippen LogP contribution in [0, 0.1) is 0 Å². The number of benzene rings is 2. The number of hydrogen-bond acceptors (Lipinski definition) is 1. The highest BCUT2D eigenvalue weighted by Crippen LogP contribution is 2.35. The molecule has 2 aromatic rings. The summed E-state index contributed by atoms with van der Waals surface area (Å²) in [4.78, 5) is 2.32. The normalized spacial score (nSPS) is 15.1. The SMILES string of the molecule is CN(C)C1c2ccccc2CCc2ccccc21. The number of fused-ring (bicyclic) bond motifs is 2. The lowest BCUT2D eigenvalue weighted by Gasteiger charge is -2.27. The molecule has 0 bridgehead atoms. The van der Waals surface area contributed by atoms with Crippen molar-refractivity contribution in [1.29, 1.82) is 0 Å². The van der Waals surface area contributed by atoms with Gasteiger partial charge in [-0.3, -0.25) is 4.90 Å². The summed E-state index contributed by atoms with van der Waals surface area (Å²) in [6.45, 7) is 0. The summed E-state index contributed by atoms with van der Waals surface area (Å²) >= 11 is 0. The van der Waals surface area contributed by atoms with Crippen molar-refractivity contribution in [3.05, 3.63) is 70.8 Å². The molecule has 1 aliphatic carbocycles. The fraction of sp³-hybridized carbons (Fsp3) is 0.294. The first-order chi connectivity index (χ1) is 8.77. The third kappa shape index (κ3) is 1.85. The Kier molecular flexibility index (Phi) is 2.92. The minimum atomic E-state index is 0.389. The lowest BCUT2D eigenvalue weighted by Crippen LogP contribution is -2.22. The topological polar surface area (TPSA) is 3.24 Å². The van der Waals surface area contributed by atoms with Crippen LogP contribution in [-0.2, 0) is 12.8 Å². The van der Waals surface area contributed by atoms with Crippen LogP contribution < -0.4 is 0 Å². The molecule has 0 radical (unpaired) electrons. The molecule has 0 spiro atoms. The van der Waals surface area contributed by atoms with E-state index in [1.165, 1.54) is 22.3 Å². The zero-order chi connectivity index (χ0) is 12.5. The molecule has 0 heterocycles. The van der Waals surface area contributed by atoms with Crippen LogP contribution in [0.5, 0.6) is 0 Å². The molecule has 92 valence electrons. The molecule has 2 aromatic carbocycles. The molecule has 0 saturated heterocycles. The fourth-order valence-corrected chi connectivity index (χ4v) is 3.05. The molecule has 0 saturated carbocycles. The van der Waals surface area contributed by atoms with Crippen LogP contribution in [0.4, 0.5) is 0 Å². The molecular weight excluding hydrogens is 218 g/mol. The highest BCUT2D eigenvalue weighted by atomic mass is 15.1. The largest absolute Gasteiger partial charge is 0.299 e. The van der Waals surface area contributed by atoms with E-state index in [9.17, 15) is 0 Å². The van der Waals surface area contributed by atoms with Gasteiger partial charge in [0.05, 0.1) is 6.04 Å². The van der Waals surface area contributed by atoms with E-state index in [4.69, 9.17) is 0 Å². The van der Waals surface area contributed by atoms with Gasteiger partial charge in [0.15, 0.2) is 0 Å². The maximum absolute atomic E-state index is 2.32. The van der Waals surface area contributed by atoms with E-state index in [0.29, 0.717) is 6.04 Å². The van der Waals surface area contributed by atoms with E-state index < -0.39 is 0 Å². The van der Waals surface area contributed by atoms with Crippen molar-refractivity contribution in [2.45, 2.75) is 18.9 Å². The zero-order valence-electron chi connectivity index (χ0n) is 11.1. The number of aryl methyl sites for hydroxylation is 2. The second-order valence-electron chi connectivity index (χ2n) is 5.26. The van der Waals surface area contributed by atoms with Gasteiger partial charge >= 0.3 is 0 Å². The van der Waals surface area contributed by atoms with E-state index in [1.807, 2.05) is 0 Å². The third-order valence-corrected chi connectivity index (χ3v) is 3.88. The van der Waals surface area contributed by atoms with Gasteiger partial charge in [0.2, 0.25) is 0 Å². The molecule has 0 aliphatic heterocycles. The van der Waals surface area contributed by atoms with Gasteiger partial charge in [0, 0.05) is 0 Å². The lowest BCUT2D eigenvalue weighted by molar-refractivity contribution is 0.341. The Bertz CT molecular complexity index is 510. The molecule has 1 aliphatic rings. The third-order valence-electron chi connectivity index (χ3n) is 3.88. The first-order valence-corrected chi connectivity index (χ1v) is 6.59. The van der Waals surface area contributed by atoms with Crippen LogP contribution in [0.2, 0.25) is 0 Å². The monoisotopic (exact) mass is 237 g/mol. The van der Waals surface area contributed by atoms with Gasteiger partial charge in [-0.05, 0) is 49.2 Å². The van der Waals surface area contributed by atoms with Crippen LogP contribution in [0.15, 0.2) is 48.5 Å². The van der Waals surface area contributed by atoms with E-state index >= 15 is 0 Å². The molecule has 3 rings (SSSR count). The summed E-state index contributed by atoms with van der Waals surface area (Å²) in [5.74, 6) is 0. The Labute approximate surface area is 109 Å². The summed E-state index contributed by atoms with van der Waals surface area (Å²) in [6.07, 6.45) is 2.30. The molecule has 18 heavy (non-hydrogen) atoms. The quantitative estimate of drug-likeness (QED) is 0.734. The van der Waals surface area contributed by atoms with Crippen LogP contribution >= 0.6 is 0 Å². The molecule has 0 aromatic heterocycles. The van der Waals surface area contributed by atoms with Crippen molar-refractivity contribution in [2.24, 2.45) is 0 Å². The minimum absolute atomic E-state index is 0.389. The van der Waals surface area contributed by atoms with Gasteiger partial charge in [-0.1, -0.05) is 48.5 Å². The fourth-order valence-electron chi connectivity index (χ4n) is 3.05. The first-order valence-electron chi connectivity index (χ1n) is 6.59. The Morgan fingerprint density at radius 1 is 0.778 bits per heavy atom. The van der Waals surface area contributed by atoms with Crippen molar-refractivity contribution >= 4 is 0 Å². The molecule has 1 heteroatoms. The Balaban J connectivity index is 2.21. The van der Waals surface area contributed by atoms with E-state index in [0.717, 1.165) is 12.8 Å². The molecule has 0 unspecified atom stereocenters. The average molecular weight is 237 g/mol. The van der Waals surface area contributed by atoms with E-state index in [1.54, 1.807) is 0 Å². The number of rotatable bonds is 1. The predicted molar refractivity (Wildman–Crippen MR) is 75.8 cm³/mol. The minimum Gasteiger partial charge on any atom is -0.299 e. The van der Waals surface area contributed by atoms with Gasteiger partial charge in [-0.2, -0.15) is 0 Å². The zero-order valence-corrected chi connectivity index (χ0v) is 11.1. The van der Waals surface area contributed by atoms with Gasteiger partial charge < -0.3 is 0 Å². The van der Waals surface area contributed by atoms with Gasteiger partial charge in [0.25, 0.3) is 0 Å². The molecule has 0 N–H and O–H groups in total. The van der Waals surface area contributed by atoms with E-state index in [-0.39, 0.29) is 0 Å². The van der Waals surface area contributed by atoms with Crippen molar-refractivity contribution in [3.8, 4) is 0 Å².